The lowest BCUT2D eigenvalue weighted by molar-refractivity contribution is -0.384. The van der Waals surface area contributed by atoms with Crippen LogP contribution in [0.4, 0.5) is 27.1 Å². The molecule has 2 aromatic rings. The molecule has 0 radical (unpaired) electrons. The molecular formula is C13H8FN3O2. The van der Waals surface area contributed by atoms with Crippen LogP contribution in [0.15, 0.2) is 42.5 Å². The highest BCUT2D eigenvalue weighted by Crippen LogP contribution is 2.29. The number of rotatable bonds is 3. The molecule has 0 bridgehead atoms. The van der Waals surface area contributed by atoms with Gasteiger partial charge < -0.3 is 5.32 Å². The summed E-state index contributed by atoms with van der Waals surface area (Å²) in [6.07, 6.45) is 0. The normalized spacial score (nSPS) is 9.68. The van der Waals surface area contributed by atoms with E-state index in [-0.39, 0.29) is 11.4 Å². The SMILES string of the molecule is [C-]#[N+]c1cccc(Nc2cc(F)ccc2[N+](=O)[O-])c1. The van der Waals surface area contributed by atoms with Crippen molar-refractivity contribution in [3.8, 4) is 0 Å². The van der Waals surface area contributed by atoms with Crippen molar-refractivity contribution in [3.05, 3.63) is 69.8 Å². The molecule has 0 atom stereocenters. The summed E-state index contributed by atoms with van der Waals surface area (Å²) in [5.41, 5.74) is 0.702. The van der Waals surface area contributed by atoms with Gasteiger partial charge >= 0.3 is 0 Å². The summed E-state index contributed by atoms with van der Waals surface area (Å²) in [5.74, 6) is -0.575. The van der Waals surface area contributed by atoms with Crippen LogP contribution in [-0.4, -0.2) is 4.92 Å². The Morgan fingerprint density at radius 1 is 1.26 bits per heavy atom. The van der Waals surface area contributed by atoms with Crippen molar-refractivity contribution in [2.24, 2.45) is 0 Å². The number of nitro benzene ring substituents is 1. The smallest absolute Gasteiger partial charge is 0.292 e. The van der Waals surface area contributed by atoms with Crippen molar-refractivity contribution in [1.82, 2.24) is 0 Å². The number of benzene rings is 2. The average Bonchev–Trinajstić information content (AvgIpc) is 2.38. The first-order valence-corrected chi connectivity index (χ1v) is 5.28. The maximum absolute atomic E-state index is 13.1. The van der Waals surface area contributed by atoms with Crippen molar-refractivity contribution in [2.45, 2.75) is 0 Å². The van der Waals surface area contributed by atoms with Gasteiger partial charge in [0.1, 0.15) is 11.5 Å². The molecule has 0 saturated carbocycles. The molecule has 0 aromatic heterocycles. The van der Waals surface area contributed by atoms with Gasteiger partial charge in [0.2, 0.25) is 0 Å². The fourth-order valence-electron chi connectivity index (χ4n) is 1.58. The molecule has 0 aliphatic rings. The van der Waals surface area contributed by atoms with Crippen LogP contribution in [0.1, 0.15) is 0 Å². The third kappa shape index (κ3) is 2.84. The van der Waals surface area contributed by atoms with Crippen LogP contribution in [0.5, 0.6) is 0 Å². The third-order valence-electron chi connectivity index (χ3n) is 2.41. The number of hydrogen-bond donors (Lipinski definition) is 1. The van der Waals surface area contributed by atoms with E-state index in [1.165, 1.54) is 6.07 Å². The second kappa shape index (κ2) is 5.14. The van der Waals surface area contributed by atoms with E-state index in [4.69, 9.17) is 6.57 Å². The molecule has 0 spiro atoms. The lowest BCUT2D eigenvalue weighted by atomic mass is 10.2. The molecule has 0 fully saturated rings. The van der Waals surface area contributed by atoms with E-state index in [1.807, 2.05) is 0 Å². The van der Waals surface area contributed by atoms with Crippen LogP contribution in [0.2, 0.25) is 0 Å². The van der Waals surface area contributed by atoms with Crippen LogP contribution < -0.4 is 5.32 Å². The summed E-state index contributed by atoms with van der Waals surface area (Å²) in [6.45, 7) is 6.89. The zero-order chi connectivity index (χ0) is 13.8. The van der Waals surface area contributed by atoms with Gasteiger partial charge in [-0.05, 0) is 18.2 Å². The Morgan fingerprint density at radius 2 is 2.05 bits per heavy atom. The van der Waals surface area contributed by atoms with E-state index < -0.39 is 10.7 Å². The molecule has 94 valence electrons. The van der Waals surface area contributed by atoms with Crippen molar-refractivity contribution in [1.29, 1.82) is 0 Å². The Hall–Kier alpha value is -2.94. The van der Waals surface area contributed by atoms with Gasteiger partial charge in [0.15, 0.2) is 5.69 Å². The number of anilines is 2. The standard InChI is InChI=1S/C13H8FN3O2/c1-15-10-3-2-4-11(8-10)16-12-7-9(14)5-6-13(12)17(18)19/h2-8,16H. The van der Waals surface area contributed by atoms with Crippen LogP contribution >= 0.6 is 0 Å². The van der Waals surface area contributed by atoms with E-state index in [2.05, 4.69) is 10.2 Å². The summed E-state index contributed by atoms with van der Waals surface area (Å²) in [4.78, 5) is 13.5. The number of nitrogens with one attached hydrogen (secondary N) is 1. The molecular weight excluding hydrogens is 249 g/mol. The molecule has 0 saturated heterocycles. The zero-order valence-corrected chi connectivity index (χ0v) is 9.63. The van der Waals surface area contributed by atoms with E-state index in [9.17, 15) is 14.5 Å². The van der Waals surface area contributed by atoms with E-state index >= 15 is 0 Å². The van der Waals surface area contributed by atoms with E-state index in [0.29, 0.717) is 11.4 Å². The van der Waals surface area contributed by atoms with Gasteiger partial charge in [-0.1, -0.05) is 12.1 Å². The topological polar surface area (TPSA) is 59.5 Å². The van der Waals surface area contributed by atoms with Crippen molar-refractivity contribution in [2.75, 3.05) is 5.32 Å². The fourth-order valence-corrected chi connectivity index (χ4v) is 1.58. The minimum Gasteiger partial charge on any atom is -0.351 e. The first-order valence-electron chi connectivity index (χ1n) is 5.28. The molecule has 5 nitrogen and oxygen atoms in total. The van der Waals surface area contributed by atoms with Crippen LogP contribution in [-0.2, 0) is 0 Å². The summed E-state index contributed by atoms with van der Waals surface area (Å²) in [6, 6.07) is 9.59. The van der Waals surface area contributed by atoms with Gasteiger partial charge in [-0.25, -0.2) is 9.24 Å². The highest BCUT2D eigenvalue weighted by molar-refractivity contribution is 5.71. The summed E-state index contributed by atoms with van der Waals surface area (Å²) < 4.78 is 13.1. The maximum atomic E-state index is 13.1. The van der Waals surface area contributed by atoms with Gasteiger partial charge in [-0.3, -0.25) is 10.1 Å². The fraction of sp³-hybridized carbons (Fsp3) is 0. The molecule has 0 amide bonds. The van der Waals surface area contributed by atoms with Gasteiger partial charge in [0.25, 0.3) is 5.69 Å². The largest absolute Gasteiger partial charge is 0.351 e. The quantitative estimate of drug-likeness (QED) is 0.513. The zero-order valence-electron chi connectivity index (χ0n) is 9.63. The van der Waals surface area contributed by atoms with Gasteiger partial charge in [0, 0.05) is 17.8 Å². The Morgan fingerprint density at radius 3 is 2.74 bits per heavy atom. The molecule has 19 heavy (non-hydrogen) atoms. The maximum Gasteiger partial charge on any atom is 0.292 e. The van der Waals surface area contributed by atoms with Crippen molar-refractivity contribution in [3.63, 3.8) is 0 Å². The molecule has 6 heteroatoms. The molecule has 0 aliphatic heterocycles. The monoisotopic (exact) mass is 257 g/mol. The molecule has 2 aromatic carbocycles. The first-order chi connectivity index (χ1) is 9.10. The highest BCUT2D eigenvalue weighted by atomic mass is 19.1. The van der Waals surface area contributed by atoms with Crippen LogP contribution in [0, 0.1) is 22.5 Å². The minimum absolute atomic E-state index is 0.0483. The van der Waals surface area contributed by atoms with Gasteiger partial charge in [-0.2, -0.15) is 0 Å². The Kier molecular flexibility index (Phi) is 3.39. The number of hydrogen-bond acceptors (Lipinski definition) is 3. The van der Waals surface area contributed by atoms with Gasteiger partial charge in [-0.15, -0.1) is 0 Å². The third-order valence-corrected chi connectivity index (χ3v) is 2.41. The second-order valence-electron chi connectivity index (χ2n) is 3.71. The van der Waals surface area contributed by atoms with E-state index in [1.54, 1.807) is 18.2 Å². The predicted molar refractivity (Wildman–Crippen MR) is 69.0 cm³/mol. The molecule has 0 unspecified atom stereocenters. The summed E-state index contributed by atoms with van der Waals surface area (Å²) in [5, 5.41) is 13.6. The van der Waals surface area contributed by atoms with Crippen molar-refractivity contribution >= 4 is 22.7 Å². The Bertz CT molecular complexity index is 680. The number of nitrogens with zero attached hydrogens (tertiary/aromatic N) is 2. The minimum atomic E-state index is -0.597. The number of halogens is 1. The summed E-state index contributed by atoms with van der Waals surface area (Å²) >= 11 is 0. The van der Waals surface area contributed by atoms with Crippen LogP contribution in [0.3, 0.4) is 0 Å². The Labute approximate surface area is 108 Å². The summed E-state index contributed by atoms with van der Waals surface area (Å²) in [7, 11) is 0. The van der Waals surface area contributed by atoms with Gasteiger partial charge in [0.05, 0.1) is 11.5 Å². The molecule has 2 rings (SSSR count). The second-order valence-corrected chi connectivity index (χ2v) is 3.71. The Balaban J connectivity index is 2.40. The first kappa shape index (κ1) is 12.5. The average molecular weight is 257 g/mol. The molecule has 1 N–H and O–H groups in total. The van der Waals surface area contributed by atoms with E-state index in [0.717, 1.165) is 18.2 Å². The molecule has 0 aliphatic carbocycles. The van der Waals surface area contributed by atoms with Crippen LogP contribution in [0.25, 0.3) is 4.85 Å². The lowest BCUT2D eigenvalue weighted by Gasteiger charge is -2.07. The number of nitro groups is 1. The molecule has 0 heterocycles. The lowest BCUT2D eigenvalue weighted by Crippen LogP contribution is -1.97. The van der Waals surface area contributed by atoms with Crippen molar-refractivity contribution < 1.29 is 9.31 Å². The predicted octanol–water partition coefficient (Wildman–Crippen LogP) is 4.03. The highest BCUT2D eigenvalue weighted by Gasteiger charge is 2.14.